The molecule has 6 heteroatoms. The summed E-state index contributed by atoms with van der Waals surface area (Å²) in [5.41, 5.74) is 2.38. The summed E-state index contributed by atoms with van der Waals surface area (Å²) in [4.78, 5) is 15.6. The van der Waals surface area contributed by atoms with Crippen molar-refractivity contribution in [1.29, 1.82) is 0 Å². The van der Waals surface area contributed by atoms with Crippen LogP contribution in [0.2, 0.25) is 0 Å². The van der Waals surface area contributed by atoms with Crippen molar-refractivity contribution in [3.8, 4) is 0 Å². The number of fused-ring (bicyclic) bond motifs is 1. The van der Waals surface area contributed by atoms with Gasteiger partial charge in [-0.05, 0) is 23.6 Å². The largest absolute Gasteiger partial charge is 0.387 e. The SMILES string of the molecule is CN(C)c1nccc(N2CCN([C@H]3Cc4ccccc4[C@@H]3O)CC2)n1. The van der Waals surface area contributed by atoms with Crippen molar-refractivity contribution in [2.75, 3.05) is 50.1 Å². The lowest BCUT2D eigenvalue weighted by molar-refractivity contribution is 0.0571. The molecular weight excluding hydrogens is 314 g/mol. The van der Waals surface area contributed by atoms with Crippen molar-refractivity contribution in [1.82, 2.24) is 14.9 Å². The van der Waals surface area contributed by atoms with Crippen LogP contribution >= 0.6 is 0 Å². The van der Waals surface area contributed by atoms with E-state index < -0.39 is 0 Å². The lowest BCUT2D eigenvalue weighted by Gasteiger charge is -2.39. The van der Waals surface area contributed by atoms with Gasteiger partial charge in [-0.2, -0.15) is 4.98 Å². The van der Waals surface area contributed by atoms with Crippen molar-refractivity contribution in [2.24, 2.45) is 0 Å². The Morgan fingerprint density at radius 1 is 1.08 bits per heavy atom. The molecule has 0 unspecified atom stereocenters. The average Bonchev–Trinajstić information content (AvgIpc) is 2.99. The predicted molar refractivity (Wildman–Crippen MR) is 99.0 cm³/mol. The molecule has 1 fully saturated rings. The molecule has 2 aromatic rings. The lowest BCUT2D eigenvalue weighted by Crippen LogP contribution is -2.51. The Morgan fingerprint density at radius 2 is 1.84 bits per heavy atom. The van der Waals surface area contributed by atoms with E-state index in [1.54, 1.807) is 0 Å². The van der Waals surface area contributed by atoms with Crippen LogP contribution in [0.1, 0.15) is 17.2 Å². The Labute approximate surface area is 148 Å². The first-order valence-corrected chi connectivity index (χ1v) is 8.89. The van der Waals surface area contributed by atoms with E-state index in [1.165, 1.54) is 5.56 Å². The monoisotopic (exact) mass is 339 g/mol. The molecule has 0 spiro atoms. The summed E-state index contributed by atoms with van der Waals surface area (Å²) in [6.07, 6.45) is 2.39. The molecule has 0 amide bonds. The van der Waals surface area contributed by atoms with Gasteiger partial charge in [-0.15, -0.1) is 0 Å². The molecule has 2 aliphatic rings. The molecule has 4 rings (SSSR count). The standard InChI is InChI=1S/C19H25N5O/c1-22(2)19-20-8-7-17(21-19)24-11-9-23(10-12-24)16-13-14-5-3-4-6-15(14)18(16)25/h3-8,16,18,25H,9-13H2,1-2H3/t16-,18-/m0/s1. The minimum Gasteiger partial charge on any atom is -0.387 e. The first-order chi connectivity index (χ1) is 12.1. The molecule has 1 aliphatic heterocycles. The molecule has 6 nitrogen and oxygen atoms in total. The first kappa shape index (κ1) is 16.3. The van der Waals surface area contributed by atoms with Gasteiger partial charge in [-0.25, -0.2) is 4.98 Å². The van der Waals surface area contributed by atoms with Crippen molar-refractivity contribution in [2.45, 2.75) is 18.6 Å². The number of rotatable bonds is 3. The van der Waals surface area contributed by atoms with E-state index in [0.29, 0.717) is 0 Å². The van der Waals surface area contributed by atoms with Crippen LogP contribution in [0.3, 0.4) is 0 Å². The maximum atomic E-state index is 10.7. The maximum absolute atomic E-state index is 10.7. The fourth-order valence-corrected chi connectivity index (χ4v) is 3.90. The van der Waals surface area contributed by atoms with Crippen LogP contribution in [0.25, 0.3) is 0 Å². The molecular formula is C19H25N5O. The number of hydrogen-bond acceptors (Lipinski definition) is 6. The van der Waals surface area contributed by atoms with E-state index in [0.717, 1.165) is 49.9 Å². The minimum absolute atomic E-state index is 0.197. The van der Waals surface area contributed by atoms with Crippen molar-refractivity contribution >= 4 is 11.8 Å². The van der Waals surface area contributed by atoms with Gasteiger partial charge in [0.2, 0.25) is 5.95 Å². The number of aliphatic hydroxyl groups excluding tert-OH is 1. The van der Waals surface area contributed by atoms with Crippen molar-refractivity contribution in [3.63, 3.8) is 0 Å². The number of benzene rings is 1. The Balaban J connectivity index is 1.42. The quantitative estimate of drug-likeness (QED) is 0.910. The zero-order valence-corrected chi connectivity index (χ0v) is 14.8. The molecule has 1 aromatic heterocycles. The molecule has 1 saturated heterocycles. The first-order valence-electron chi connectivity index (χ1n) is 8.89. The summed E-state index contributed by atoms with van der Waals surface area (Å²) in [5, 5.41) is 10.7. The third kappa shape index (κ3) is 3.07. The number of nitrogens with zero attached hydrogens (tertiary/aromatic N) is 5. The van der Waals surface area contributed by atoms with E-state index in [1.807, 2.05) is 37.3 Å². The van der Waals surface area contributed by atoms with Gasteiger partial charge in [0.05, 0.1) is 6.10 Å². The van der Waals surface area contributed by atoms with Gasteiger partial charge in [0.25, 0.3) is 0 Å². The second kappa shape index (κ2) is 6.61. The van der Waals surface area contributed by atoms with Crippen LogP contribution in [-0.4, -0.2) is 66.3 Å². The Kier molecular flexibility index (Phi) is 4.31. The fourth-order valence-electron chi connectivity index (χ4n) is 3.90. The molecule has 25 heavy (non-hydrogen) atoms. The third-order valence-corrected chi connectivity index (χ3v) is 5.30. The fraction of sp³-hybridized carbons (Fsp3) is 0.474. The minimum atomic E-state index is -0.373. The predicted octanol–water partition coefficient (Wildman–Crippen LogP) is 1.32. The summed E-state index contributed by atoms with van der Waals surface area (Å²) in [6, 6.07) is 10.4. The van der Waals surface area contributed by atoms with Gasteiger partial charge in [-0.1, -0.05) is 24.3 Å². The van der Waals surface area contributed by atoms with Gasteiger partial charge in [0.15, 0.2) is 0 Å². The molecule has 1 aromatic carbocycles. The maximum Gasteiger partial charge on any atom is 0.226 e. The molecule has 2 heterocycles. The summed E-state index contributed by atoms with van der Waals surface area (Å²) < 4.78 is 0. The zero-order chi connectivity index (χ0) is 17.4. The Morgan fingerprint density at radius 3 is 2.56 bits per heavy atom. The highest BCUT2D eigenvalue weighted by atomic mass is 16.3. The number of hydrogen-bond donors (Lipinski definition) is 1. The van der Waals surface area contributed by atoms with E-state index in [9.17, 15) is 5.11 Å². The normalized spacial score (nSPS) is 23.6. The van der Waals surface area contributed by atoms with Gasteiger partial charge in [0.1, 0.15) is 5.82 Å². The van der Waals surface area contributed by atoms with Crippen molar-refractivity contribution < 1.29 is 5.11 Å². The highest BCUT2D eigenvalue weighted by Crippen LogP contribution is 2.34. The van der Waals surface area contributed by atoms with E-state index in [2.05, 4.69) is 38.0 Å². The number of piperazine rings is 1. The second-order valence-electron chi connectivity index (χ2n) is 7.05. The zero-order valence-electron chi connectivity index (χ0n) is 14.8. The summed E-state index contributed by atoms with van der Waals surface area (Å²) in [7, 11) is 3.91. The number of aromatic nitrogens is 2. The Bertz CT molecular complexity index is 742. The van der Waals surface area contributed by atoms with Gasteiger partial charge in [0, 0.05) is 52.5 Å². The average molecular weight is 339 g/mol. The van der Waals surface area contributed by atoms with E-state index >= 15 is 0 Å². The highest BCUT2D eigenvalue weighted by molar-refractivity contribution is 5.43. The van der Waals surface area contributed by atoms with Gasteiger partial charge >= 0.3 is 0 Å². The van der Waals surface area contributed by atoms with Crippen LogP contribution in [0, 0.1) is 0 Å². The highest BCUT2D eigenvalue weighted by Gasteiger charge is 2.36. The van der Waals surface area contributed by atoms with Crippen molar-refractivity contribution in [3.05, 3.63) is 47.7 Å². The summed E-state index contributed by atoms with van der Waals surface area (Å²) in [5.74, 6) is 1.72. The second-order valence-corrected chi connectivity index (χ2v) is 7.05. The molecule has 0 radical (unpaired) electrons. The molecule has 2 atom stereocenters. The summed E-state index contributed by atoms with van der Waals surface area (Å²) in [6.45, 7) is 3.72. The number of anilines is 2. The molecule has 0 saturated carbocycles. The molecule has 132 valence electrons. The third-order valence-electron chi connectivity index (χ3n) is 5.30. The lowest BCUT2D eigenvalue weighted by atomic mass is 10.1. The van der Waals surface area contributed by atoms with Gasteiger partial charge < -0.3 is 14.9 Å². The topological polar surface area (TPSA) is 55.7 Å². The van der Waals surface area contributed by atoms with Crippen LogP contribution in [0.15, 0.2) is 36.5 Å². The van der Waals surface area contributed by atoms with E-state index in [4.69, 9.17) is 0 Å². The Hall–Kier alpha value is -2.18. The summed E-state index contributed by atoms with van der Waals surface area (Å²) >= 11 is 0. The van der Waals surface area contributed by atoms with Crippen LogP contribution in [-0.2, 0) is 6.42 Å². The van der Waals surface area contributed by atoms with Crippen LogP contribution in [0.5, 0.6) is 0 Å². The molecule has 1 N–H and O–H groups in total. The van der Waals surface area contributed by atoms with E-state index in [-0.39, 0.29) is 12.1 Å². The molecule has 0 bridgehead atoms. The van der Waals surface area contributed by atoms with Gasteiger partial charge in [-0.3, -0.25) is 4.90 Å². The number of aliphatic hydroxyl groups is 1. The van der Waals surface area contributed by atoms with Crippen LogP contribution < -0.4 is 9.80 Å². The van der Waals surface area contributed by atoms with Crippen LogP contribution in [0.4, 0.5) is 11.8 Å². The smallest absolute Gasteiger partial charge is 0.226 e. The molecule has 1 aliphatic carbocycles.